The number of aryl methyl sites for hydroxylation is 2. The van der Waals surface area contributed by atoms with Crippen molar-refractivity contribution in [2.45, 2.75) is 52.6 Å². The first-order valence-corrected chi connectivity index (χ1v) is 7.07. The summed E-state index contributed by atoms with van der Waals surface area (Å²) in [6.07, 6.45) is 5.24. The van der Waals surface area contributed by atoms with Crippen molar-refractivity contribution in [1.82, 2.24) is 0 Å². The smallest absolute Gasteiger partial charge is 0.125 e. The molecular formula is C16H25NO. The van der Waals surface area contributed by atoms with Gasteiger partial charge < -0.3 is 10.5 Å². The third-order valence-electron chi connectivity index (χ3n) is 4.28. The molecule has 0 spiro atoms. The van der Waals surface area contributed by atoms with Gasteiger partial charge in [-0.3, -0.25) is 0 Å². The number of benzene rings is 1. The van der Waals surface area contributed by atoms with E-state index in [4.69, 9.17) is 10.5 Å². The van der Waals surface area contributed by atoms with Crippen LogP contribution in [0.3, 0.4) is 0 Å². The van der Waals surface area contributed by atoms with E-state index in [1.165, 1.54) is 36.0 Å². The molecule has 1 aromatic carbocycles. The summed E-state index contributed by atoms with van der Waals surface area (Å²) in [6, 6.07) is 4.32. The first-order chi connectivity index (χ1) is 8.63. The van der Waals surface area contributed by atoms with Crippen molar-refractivity contribution < 1.29 is 4.74 Å². The van der Waals surface area contributed by atoms with E-state index < -0.39 is 0 Å². The normalized spacial score (nSPS) is 24.0. The molecule has 1 aromatic rings. The molecular weight excluding hydrogens is 222 g/mol. The zero-order chi connectivity index (χ0) is 13.1. The summed E-state index contributed by atoms with van der Waals surface area (Å²) < 4.78 is 6.32. The van der Waals surface area contributed by atoms with Gasteiger partial charge in [-0.05, 0) is 63.3 Å². The zero-order valence-electron chi connectivity index (χ0n) is 11.8. The maximum atomic E-state index is 6.32. The van der Waals surface area contributed by atoms with Crippen molar-refractivity contribution in [3.8, 4) is 5.75 Å². The number of rotatable bonds is 3. The van der Waals surface area contributed by atoms with Crippen LogP contribution in [-0.2, 0) is 0 Å². The van der Waals surface area contributed by atoms with Crippen molar-refractivity contribution in [2.75, 3.05) is 6.54 Å². The molecule has 0 aliphatic heterocycles. The third-order valence-corrected chi connectivity index (χ3v) is 4.28. The summed E-state index contributed by atoms with van der Waals surface area (Å²) in [6.45, 7) is 7.16. The van der Waals surface area contributed by atoms with Gasteiger partial charge in [0.25, 0.3) is 0 Å². The molecule has 1 aliphatic carbocycles. The maximum absolute atomic E-state index is 6.32. The van der Waals surface area contributed by atoms with Gasteiger partial charge in [0.1, 0.15) is 11.9 Å². The average Bonchev–Trinajstić information content (AvgIpc) is 2.39. The molecule has 2 nitrogen and oxygen atoms in total. The van der Waals surface area contributed by atoms with Gasteiger partial charge in [-0.1, -0.05) is 18.6 Å². The lowest BCUT2D eigenvalue weighted by molar-refractivity contribution is 0.0955. The predicted molar refractivity (Wildman–Crippen MR) is 76.1 cm³/mol. The quantitative estimate of drug-likeness (QED) is 0.887. The van der Waals surface area contributed by atoms with E-state index in [0.29, 0.717) is 12.0 Å². The lowest BCUT2D eigenvalue weighted by Gasteiger charge is -2.32. The van der Waals surface area contributed by atoms with Gasteiger partial charge in [-0.25, -0.2) is 0 Å². The van der Waals surface area contributed by atoms with Crippen LogP contribution in [0.5, 0.6) is 5.75 Å². The lowest BCUT2D eigenvalue weighted by atomic mass is 9.86. The summed E-state index contributed by atoms with van der Waals surface area (Å²) in [5.41, 5.74) is 9.68. The topological polar surface area (TPSA) is 35.2 Å². The zero-order valence-corrected chi connectivity index (χ0v) is 11.8. The Morgan fingerprint density at radius 3 is 2.50 bits per heavy atom. The second-order valence-corrected chi connectivity index (χ2v) is 5.59. The minimum absolute atomic E-state index is 0.308. The number of hydrogen-bond donors (Lipinski definition) is 1. The molecule has 100 valence electrons. The van der Waals surface area contributed by atoms with E-state index in [2.05, 4.69) is 32.9 Å². The predicted octanol–water partition coefficient (Wildman–Crippen LogP) is 3.51. The Kier molecular flexibility index (Phi) is 4.28. The minimum atomic E-state index is 0.308. The summed E-state index contributed by atoms with van der Waals surface area (Å²) in [5.74, 6) is 1.61. The molecule has 0 saturated heterocycles. The minimum Gasteiger partial charge on any atom is -0.490 e. The Labute approximate surface area is 111 Å². The Hall–Kier alpha value is -1.02. The standard InChI is InChI=1S/C16H25NO/c1-11-8-9-12(2)16(13(11)3)18-15-7-5-4-6-14(15)10-17/h8-9,14-15H,4-7,10,17H2,1-3H3. The van der Waals surface area contributed by atoms with Gasteiger partial charge in [-0.15, -0.1) is 0 Å². The molecule has 0 radical (unpaired) electrons. The fraction of sp³-hybridized carbons (Fsp3) is 0.625. The molecule has 1 saturated carbocycles. The van der Waals surface area contributed by atoms with Crippen molar-refractivity contribution in [3.63, 3.8) is 0 Å². The summed E-state index contributed by atoms with van der Waals surface area (Å²) >= 11 is 0. The van der Waals surface area contributed by atoms with Crippen LogP contribution in [-0.4, -0.2) is 12.6 Å². The fourth-order valence-corrected chi connectivity index (χ4v) is 2.86. The molecule has 1 aliphatic rings. The van der Waals surface area contributed by atoms with Gasteiger partial charge in [0, 0.05) is 5.92 Å². The highest BCUT2D eigenvalue weighted by Crippen LogP contribution is 2.32. The Morgan fingerprint density at radius 2 is 1.78 bits per heavy atom. The molecule has 2 unspecified atom stereocenters. The van der Waals surface area contributed by atoms with Crippen molar-refractivity contribution in [2.24, 2.45) is 11.7 Å². The van der Waals surface area contributed by atoms with Crippen molar-refractivity contribution >= 4 is 0 Å². The van der Waals surface area contributed by atoms with Crippen molar-refractivity contribution in [1.29, 1.82) is 0 Å². The molecule has 2 N–H and O–H groups in total. The second-order valence-electron chi connectivity index (χ2n) is 5.59. The van der Waals surface area contributed by atoms with E-state index in [9.17, 15) is 0 Å². The third kappa shape index (κ3) is 2.69. The monoisotopic (exact) mass is 247 g/mol. The van der Waals surface area contributed by atoms with E-state index in [1.807, 2.05) is 0 Å². The molecule has 0 amide bonds. The molecule has 0 heterocycles. The van der Waals surface area contributed by atoms with Gasteiger partial charge in [0.15, 0.2) is 0 Å². The van der Waals surface area contributed by atoms with Crippen LogP contribution in [0.2, 0.25) is 0 Å². The molecule has 18 heavy (non-hydrogen) atoms. The fourth-order valence-electron chi connectivity index (χ4n) is 2.86. The van der Waals surface area contributed by atoms with Gasteiger partial charge in [0.05, 0.1) is 0 Å². The molecule has 2 rings (SSSR count). The van der Waals surface area contributed by atoms with E-state index in [0.717, 1.165) is 18.7 Å². The second kappa shape index (κ2) is 5.75. The Balaban J connectivity index is 2.20. The number of ether oxygens (including phenoxy) is 1. The van der Waals surface area contributed by atoms with Gasteiger partial charge in [-0.2, -0.15) is 0 Å². The highest BCUT2D eigenvalue weighted by molar-refractivity contribution is 5.44. The first-order valence-electron chi connectivity index (χ1n) is 7.07. The number of hydrogen-bond acceptors (Lipinski definition) is 2. The molecule has 0 aromatic heterocycles. The maximum Gasteiger partial charge on any atom is 0.125 e. The van der Waals surface area contributed by atoms with E-state index in [-0.39, 0.29) is 0 Å². The van der Waals surface area contributed by atoms with Crippen LogP contribution in [0.15, 0.2) is 12.1 Å². The lowest BCUT2D eigenvalue weighted by Crippen LogP contribution is -2.35. The SMILES string of the molecule is Cc1ccc(C)c(OC2CCCCC2CN)c1C. The highest BCUT2D eigenvalue weighted by Gasteiger charge is 2.26. The van der Waals surface area contributed by atoms with Gasteiger partial charge >= 0.3 is 0 Å². The highest BCUT2D eigenvalue weighted by atomic mass is 16.5. The summed E-state index contributed by atoms with van der Waals surface area (Å²) in [4.78, 5) is 0. The average molecular weight is 247 g/mol. The molecule has 2 heteroatoms. The van der Waals surface area contributed by atoms with Crippen molar-refractivity contribution in [3.05, 3.63) is 28.8 Å². The van der Waals surface area contributed by atoms with Crippen LogP contribution >= 0.6 is 0 Å². The van der Waals surface area contributed by atoms with E-state index >= 15 is 0 Å². The van der Waals surface area contributed by atoms with E-state index in [1.54, 1.807) is 0 Å². The van der Waals surface area contributed by atoms with Crippen LogP contribution in [0.4, 0.5) is 0 Å². The molecule has 1 fully saturated rings. The van der Waals surface area contributed by atoms with Gasteiger partial charge in [0.2, 0.25) is 0 Å². The summed E-state index contributed by atoms with van der Waals surface area (Å²) in [7, 11) is 0. The Morgan fingerprint density at radius 1 is 1.11 bits per heavy atom. The van der Waals surface area contributed by atoms with Crippen LogP contribution < -0.4 is 10.5 Å². The summed E-state index contributed by atoms with van der Waals surface area (Å²) in [5, 5.41) is 0. The van der Waals surface area contributed by atoms with Crippen LogP contribution in [0, 0.1) is 26.7 Å². The van der Waals surface area contributed by atoms with Crippen LogP contribution in [0.25, 0.3) is 0 Å². The van der Waals surface area contributed by atoms with Crippen LogP contribution in [0.1, 0.15) is 42.4 Å². The molecule has 0 bridgehead atoms. The first kappa shape index (κ1) is 13.4. The largest absolute Gasteiger partial charge is 0.490 e. The Bertz CT molecular complexity index is 414. The molecule has 2 atom stereocenters. The number of nitrogens with two attached hydrogens (primary N) is 1.